The Morgan fingerprint density at radius 2 is 1.83 bits per heavy atom. The zero-order valence-electron chi connectivity index (χ0n) is 11.9. The van der Waals surface area contributed by atoms with Crippen LogP contribution in [0.5, 0.6) is 5.75 Å². The van der Waals surface area contributed by atoms with Crippen LogP contribution in [-0.2, 0) is 6.54 Å². The van der Waals surface area contributed by atoms with Crippen LogP contribution in [0.1, 0.15) is 26.3 Å². The Balaban J connectivity index is 2.34. The van der Waals surface area contributed by atoms with Crippen LogP contribution < -0.4 is 10.1 Å². The number of ether oxygens (including phenoxy) is 1. The molecule has 0 aliphatic rings. The van der Waals surface area contributed by atoms with Crippen LogP contribution in [0, 0.1) is 0 Å². The van der Waals surface area contributed by atoms with Crippen molar-refractivity contribution in [3.8, 4) is 5.75 Å². The van der Waals surface area contributed by atoms with Crippen molar-refractivity contribution in [1.29, 1.82) is 0 Å². The SMILES string of the molecule is CCOc1ccccc1CNCCN(CC)CC. The lowest BCUT2D eigenvalue weighted by Gasteiger charge is -2.18. The van der Waals surface area contributed by atoms with E-state index in [-0.39, 0.29) is 0 Å². The summed E-state index contributed by atoms with van der Waals surface area (Å²) in [4.78, 5) is 2.42. The second-order valence-corrected chi connectivity index (χ2v) is 4.24. The molecule has 0 saturated heterocycles. The van der Waals surface area contributed by atoms with Gasteiger partial charge in [-0.3, -0.25) is 0 Å². The average molecular weight is 250 g/mol. The summed E-state index contributed by atoms with van der Waals surface area (Å²) in [6.07, 6.45) is 0. The van der Waals surface area contributed by atoms with Gasteiger partial charge in [0.15, 0.2) is 0 Å². The Morgan fingerprint density at radius 3 is 2.50 bits per heavy atom. The molecule has 3 heteroatoms. The summed E-state index contributed by atoms with van der Waals surface area (Å²) in [5.74, 6) is 0.996. The summed E-state index contributed by atoms with van der Waals surface area (Å²) in [5.41, 5.74) is 1.24. The van der Waals surface area contributed by atoms with Crippen molar-refractivity contribution in [3.05, 3.63) is 29.8 Å². The third-order valence-electron chi connectivity index (χ3n) is 3.09. The lowest BCUT2D eigenvalue weighted by molar-refractivity contribution is 0.301. The number of hydrogen-bond acceptors (Lipinski definition) is 3. The summed E-state index contributed by atoms with van der Waals surface area (Å²) < 4.78 is 5.61. The molecule has 0 aliphatic carbocycles. The van der Waals surface area contributed by atoms with E-state index in [1.807, 2.05) is 19.1 Å². The van der Waals surface area contributed by atoms with Crippen LogP contribution >= 0.6 is 0 Å². The van der Waals surface area contributed by atoms with E-state index in [1.165, 1.54) is 5.56 Å². The van der Waals surface area contributed by atoms with Crippen molar-refractivity contribution in [3.63, 3.8) is 0 Å². The van der Waals surface area contributed by atoms with Gasteiger partial charge in [-0.1, -0.05) is 32.0 Å². The molecule has 0 aromatic heterocycles. The molecule has 1 rings (SSSR count). The predicted octanol–water partition coefficient (Wildman–Crippen LogP) is 2.52. The molecule has 0 unspecified atom stereocenters. The average Bonchev–Trinajstić information content (AvgIpc) is 2.41. The lowest BCUT2D eigenvalue weighted by Crippen LogP contribution is -2.31. The van der Waals surface area contributed by atoms with E-state index in [0.29, 0.717) is 0 Å². The van der Waals surface area contributed by atoms with Gasteiger partial charge in [0.1, 0.15) is 5.75 Å². The van der Waals surface area contributed by atoms with Crippen LogP contribution in [0.2, 0.25) is 0 Å². The summed E-state index contributed by atoms with van der Waals surface area (Å²) >= 11 is 0. The maximum Gasteiger partial charge on any atom is 0.123 e. The van der Waals surface area contributed by atoms with Crippen molar-refractivity contribution < 1.29 is 4.74 Å². The number of nitrogens with zero attached hydrogens (tertiary/aromatic N) is 1. The van der Waals surface area contributed by atoms with Crippen molar-refractivity contribution >= 4 is 0 Å². The quantitative estimate of drug-likeness (QED) is 0.682. The second kappa shape index (κ2) is 8.95. The normalized spacial score (nSPS) is 10.9. The van der Waals surface area contributed by atoms with Gasteiger partial charge < -0.3 is 15.0 Å². The molecule has 0 aliphatic heterocycles. The molecule has 1 N–H and O–H groups in total. The summed E-state index contributed by atoms with van der Waals surface area (Å²) in [7, 11) is 0. The Hall–Kier alpha value is -1.06. The molecule has 0 heterocycles. The Morgan fingerprint density at radius 1 is 1.11 bits per heavy atom. The van der Waals surface area contributed by atoms with Gasteiger partial charge in [0, 0.05) is 25.2 Å². The molecular weight excluding hydrogens is 224 g/mol. The van der Waals surface area contributed by atoms with E-state index in [0.717, 1.165) is 45.1 Å². The molecule has 18 heavy (non-hydrogen) atoms. The van der Waals surface area contributed by atoms with Gasteiger partial charge in [0.2, 0.25) is 0 Å². The standard InChI is InChI=1S/C15H26N2O/c1-4-17(5-2)12-11-16-13-14-9-7-8-10-15(14)18-6-3/h7-10,16H,4-6,11-13H2,1-3H3. The predicted molar refractivity (Wildman–Crippen MR) is 77.1 cm³/mol. The summed E-state index contributed by atoms with van der Waals surface area (Å²) in [6.45, 7) is 12.4. The van der Waals surface area contributed by atoms with Crippen LogP contribution in [0.15, 0.2) is 24.3 Å². The minimum Gasteiger partial charge on any atom is -0.494 e. The highest BCUT2D eigenvalue weighted by Gasteiger charge is 2.02. The van der Waals surface area contributed by atoms with E-state index in [1.54, 1.807) is 0 Å². The Kier molecular flexibility index (Phi) is 7.46. The molecule has 0 fully saturated rings. The van der Waals surface area contributed by atoms with Crippen LogP contribution in [0.25, 0.3) is 0 Å². The molecular formula is C15H26N2O. The Labute approximate surface area is 111 Å². The van der Waals surface area contributed by atoms with E-state index in [9.17, 15) is 0 Å². The first-order chi connectivity index (χ1) is 8.81. The van der Waals surface area contributed by atoms with Gasteiger partial charge in [0.05, 0.1) is 6.61 Å². The van der Waals surface area contributed by atoms with E-state index in [2.05, 4.69) is 36.2 Å². The molecule has 1 aromatic rings. The fourth-order valence-electron chi connectivity index (χ4n) is 1.95. The maximum absolute atomic E-state index is 5.61. The third-order valence-corrected chi connectivity index (χ3v) is 3.09. The highest BCUT2D eigenvalue weighted by atomic mass is 16.5. The number of likely N-dealkylation sites (N-methyl/N-ethyl adjacent to an activating group) is 1. The van der Waals surface area contributed by atoms with Gasteiger partial charge in [-0.2, -0.15) is 0 Å². The first kappa shape index (κ1) is 15.0. The molecule has 0 radical (unpaired) electrons. The fraction of sp³-hybridized carbons (Fsp3) is 0.600. The second-order valence-electron chi connectivity index (χ2n) is 4.24. The maximum atomic E-state index is 5.61. The van der Waals surface area contributed by atoms with E-state index >= 15 is 0 Å². The highest BCUT2D eigenvalue weighted by molar-refractivity contribution is 5.33. The van der Waals surface area contributed by atoms with Gasteiger partial charge >= 0.3 is 0 Å². The minimum absolute atomic E-state index is 0.719. The molecule has 1 aromatic carbocycles. The lowest BCUT2D eigenvalue weighted by atomic mass is 10.2. The van der Waals surface area contributed by atoms with Crippen LogP contribution in [0.3, 0.4) is 0 Å². The Bertz CT molecular complexity index is 324. The van der Waals surface area contributed by atoms with Crippen molar-refractivity contribution in [2.45, 2.75) is 27.3 Å². The topological polar surface area (TPSA) is 24.5 Å². The van der Waals surface area contributed by atoms with Crippen molar-refractivity contribution in [2.75, 3.05) is 32.8 Å². The van der Waals surface area contributed by atoms with Crippen molar-refractivity contribution in [2.24, 2.45) is 0 Å². The first-order valence-electron chi connectivity index (χ1n) is 6.95. The number of hydrogen-bond donors (Lipinski definition) is 1. The summed E-state index contributed by atoms with van der Waals surface area (Å²) in [6, 6.07) is 8.23. The fourth-order valence-corrected chi connectivity index (χ4v) is 1.95. The number of para-hydroxylation sites is 1. The molecule has 0 bridgehead atoms. The van der Waals surface area contributed by atoms with Gasteiger partial charge in [-0.05, 0) is 26.1 Å². The van der Waals surface area contributed by atoms with Gasteiger partial charge in [-0.15, -0.1) is 0 Å². The number of rotatable bonds is 9. The molecule has 0 amide bonds. The minimum atomic E-state index is 0.719. The first-order valence-corrected chi connectivity index (χ1v) is 6.95. The van der Waals surface area contributed by atoms with Crippen LogP contribution in [-0.4, -0.2) is 37.7 Å². The zero-order valence-corrected chi connectivity index (χ0v) is 11.9. The van der Waals surface area contributed by atoms with E-state index in [4.69, 9.17) is 4.74 Å². The smallest absolute Gasteiger partial charge is 0.123 e. The monoisotopic (exact) mass is 250 g/mol. The van der Waals surface area contributed by atoms with Gasteiger partial charge in [-0.25, -0.2) is 0 Å². The van der Waals surface area contributed by atoms with Crippen molar-refractivity contribution in [1.82, 2.24) is 10.2 Å². The molecule has 0 atom stereocenters. The number of benzene rings is 1. The van der Waals surface area contributed by atoms with Crippen LogP contribution in [0.4, 0.5) is 0 Å². The molecule has 102 valence electrons. The van der Waals surface area contributed by atoms with E-state index < -0.39 is 0 Å². The number of nitrogens with one attached hydrogen (secondary N) is 1. The molecule has 0 spiro atoms. The van der Waals surface area contributed by atoms with Gasteiger partial charge in [0.25, 0.3) is 0 Å². The summed E-state index contributed by atoms with van der Waals surface area (Å²) in [5, 5.41) is 3.48. The highest BCUT2D eigenvalue weighted by Crippen LogP contribution is 2.17. The molecule has 3 nitrogen and oxygen atoms in total. The third kappa shape index (κ3) is 5.07. The largest absolute Gasteiger partial charge is 0.494 e. The zero-order chi connectivity index (χ0) is 13.2. The molecule has 0 saturated carbocycles.